The number of anilines is 1. The molecule has 0 spiro atoms. The van der Waals surface area contributed by atoms with Crippen LogP contribution in [0.2, 0.25) is 5.02 Å². The van der Waals surface area contributed by atoms with E-state index < -0.39 is 17.7 Å². The minimum atomic E-state index is -0.831. The van der Waals surface area contributed by atoms with Crippen LogP contribution in [0.25, 0.3) is 5.76 Å². The van der Waals surface area contributed by atoms with Gasteiger partial charge in [-0.3, -0.25) is 19.5 Å². The predicted molar refractivity (Wildman–Crippen MR) is 118 cm³/mol. The van der Waals surface area contributed by atoms with Crippen molar-refractivity contribution in [3.63, 3.8) is 0 Å². The lowest BCUT2D eigenvalue weighted by atomic mass is 9.95. The van der Waals surface area contributed by atoms with Gasteiger partial charge in [0.2, 0.25) is 0 Å². The first kappa shape index (κ1) is 20.6. The number of halogens is 1. The Morgan fingerprint density at radius 3 is 2.45 bits per heavy atom. The lowest BCUT2D eigenvalue weighted by Crippen LogP contribution is -2.29. The van der Waals surface area contributed by atoms with Crippen molar-refractivity contribution in [1.82, 2.24) is 4.98 Å². The number of amides is 1. The minimum Gasteiger partial charge on any atom is -0.507 e. The molecule has 0 saturated carbocycles. The van der Waals surface area contributed by atoms with Crippen molar-refractivity contribution in [2.45, 2.75) is 13.0 Å². The monoisotopic (exact) mass is 434 g/mol. The molecule has 1 aliphatic heterocycles. The zero-order valence-electron chi connectivity index (χ0n) is 16.7. The van der Waals surface area contributed by atoms with Gasteiger partial charge in [-0.2, -0.15) is 0 Å². The summed E-state index contributed by atoms with van der Waals surface area (Å²) in [7, 11) is 0. The Hall–Kier alpha value is -3.64. The number of aliphatic hydroxyl groups is 1. The van der Waals surface area contributed by atoms with Crippen LogP contribution >= 0.6 is 11.6 Å². The number of rotatable bonds is 5. The molecule has 31 heavy (non-hydrogen) atoms. The Kier molecular flexibility index (Phi) is 5.73. The summed E-state index contributed by atoms with van der Waals surface area (Å²) in [6.07, 6.45) is 3.02. The molecular weight excluding hydrogens is 416 g/mol. The standard InChI is InChI=1S/C24H19ClN2O4/c1-2-31-19-8-6-15(7-9-19)21-20(22(28)16-10-12-26-13-11-16)23(29)24(30)27(21)18-5-3-4-17(25)14-18/h3-14,21,28H,2H2,1H3/b22-20+. The summed E-state index contributed by atoms with van der Waals surface area (Å²) in [6, 6.07) is 16.1. The first-order chi connectivity index (χ1) is 15.0. The first-order valence-electron chi connectivity index (χ1n) is 9.71. The van der Waals surface area contributed by atoms with E-state index in [0.29, 0.717) is 34.2 Å². The van der Waals surface area contributed by atoms with E-state index in [1.165, 1.54) is 17.3 Å². The average Bonchev–Trinajstić information content (AvgIpc) is 3.05. The third-order valence-electron chi connectivity index (χ3n) is 4.99. The van der Waals surface area contributed by atoms with Crippen molar-refractivity contribution >= 4 is 34.7 Å². The lowest BCUT2D eigenvalue weighted by molar-refractivity contribution is -0.132. The molecule has 1 unspecified atom stereocenters. The van der Waals surface area contributed by atoms with Crippen molar-refractivity contribution in [1.29, 1.82) is 0 Å². The van der Waals surface area contributed by atoms with Gasteiger partial charge >= 0.3 is 0 Å². The van der Waals surface area contributed by atoms with E-state index in [1.54, 1.807) is 60.7 Å². The maximum Gasteiger partial charge on any atom is 0.300 e. The van der Waals surface area contributed by atoms with Gasteiger partial charge in [0.15, 0.2) is 0 Å². The van der Waals surface area contributed by atoms with Crippen LogP contribution in [0.1, 0.15) is 24.1 Å². The fourth-order valence-electron chi connectivity index (χ4n) is 3.62. The van der Waals surface area contributed by atoms with Gasteiger partial charge in [-0.15, -0.1) is 0 Å². The van der Waals surface area contributed by atoms with Crippen molar-refractivity contribution in [2.24, 2.45) is 0 Å². The Balaban J connectivity index is 1.91. The number of aliphatic hydroxyl groups excluding tert-OH is 1. The lowest BCUT2D eigenvalue weighted by Gasteiger charge is -2.25. The third-order valence-corrected chi connectivity index (χ3v) is 5.23. The predicted octanol–water partition coefficient (Wildman–Crippen LogP) is 4.76. The van der Waals surface area contributed by atoms with Gasteiger partial charge in [0.05, 0.1) is 18.2 Å². The number of ketones is 1. The quantitative estimate of drug-likeness (QED) is 0.356. The zero-order chi connectivity index (χ0) is 22.0. The van der Waals surface area contributed by atoms with Crippen LogP contribution in [-0.4, -0.2) is 28.4 Å². The topological polar surface area (TPSA) is 79.7 Å². The van der Waals surface area contributed by atoms with Gasteiger partial charge in [-0.1, -0.05) is 29.8 Å². The number of carbonyl (C=O) groups is 2. The summed E-state index contributed by atoms with van der Waals surface area (Å²) in [5.74, 6) is -1.10. The molecule has 1 aliphatic rings. The van der Waals surface area contributed by atoms with Crippen molar-refractivity contribution in [3.05, 3.63) is 94.8 Å². The smallest absolute Gasteiger partial charge is 0.300 e. The van der Waals surface area contributed by atoms with E-state index in [9.17, 15) is 14.7 Å². The van der Waals surface area contributed by atoms with E-state index in [1.807, 2.05) is 6.92 Å². The van der Waals surface area contributed by atoms with Crippen LogP contribution < -0.4 is 9.64 Å². The van der Waals surface area contributed by atoms with Gasteiger partial charge in [0.1, 0.15) is 11.5 Å². The van der Waals surface area contributed by atoms with Gasteiger partial charge in [-0.05, 0) is 55.0 Å². The van der Waals surface area contributed by atoms with Crippen LogP contribution in [0.4, 0.5) is 5.69 Å². The van der Waals surface area contributed by atoms with Crippen LogP contribution in [0.15, 0.2) is 78.6 Å². The minimum absolute atomic E-state index is 0.000311. The summed E-state index contributed by atoms with van der Waals surface area (Å²) in [5, 5.41) is 11.4. The van der Waals surface area contributed by atoms with Gasteiger partial charge in [0, 0.05) is 28.7 Å². The fraction of sp³-hybridized carbons (Fsp3) is 0.125. The molecule has 1 saturated heterocycles. The van der Waals surface area contributed by atoms with Crippen LogP contribution in [0.3, 0.4) is 0 Å². The number of pyridine rings is 1. The average molecular weight is 435 g/mol. The number of hydrogen-bond donors (Lipinski definition) is 1. The van der Waals surface area contributed by atoms with Crippen LogP contribution in [0.5, 0.6) is 5.75 Å². The summed E-state index contributed by atoms with van der Waals surface area (Å²) in [4.78, 5) is 31.4. The summed E-state index contributed by atoms with van der Waals surface area (Å²) >= 11 is 6.14. The maximum absolute atomic E-state index is 13.1. The maximum atomic E-state index is 13.1. The fourth-order valence-corrected chi connectivity index (χ4v) is 3.80. The summed E-state index contributed by atoms with van der Waals surface area (Å²) < 4.78 is 5.50. The van der Waals surface area contributed by atoms with Gasteiger partial charge in [-0.25, -0.2) is 0 Å². The van der Waals surface area contributed by atoms with E-state index in [0.717, 1.165) is 0 Å². The number of aromatic nitrogens is 1. The first-order valence-corrected chi connectivity index (χ1v) is 10.1. The molecule has 2 aromatic carbocycles. The Bertz CT molecular complexity index is 1160. The van der Waals surface area contributed by atoms with Crippen molar-refractivity contribution in [2.75, 3.05) is 11.5 Å². The highest BCUT2D eigenvalue weighted by molar-refractivity contribution is 6.51. The molecule has 1 atom stereocenters. The zero-order valence-corrected chi connectivity index (χ0v) is 17.4. The third kappa shape index (κ3) is 3.90. The molecule has 0 radical (unpaired) electrons. The molecule has 4 rings (SSSR count). The van der Waals surface area contributed by atoms with Gasteiger partial charge in [0.25, 0.3) is 11.7 Å². The molecule has 7 heteroatoms. The van der Waals surface area contributed by atoms with E-state index in [4.69, 9.17) is 16.3 Å². The molecule has 3 aromatic rings. The molecule has 0 aliphatic carbocycles. The highest BCUT2D eigenvalue weighted by Crippen LogP contribution is 2.42. The SMILES string of the molecule is CCOc1ccc(C2/C(=C(\O)c3ccncc3)C(=O)C(=O)N2c2cccc(Cl)c2)cc1. The van der Waals surface area contributed by atoms with E-state index in [2.05, 4.69) is 4.98 Å². The highest BCUT2D eigenvalue weighted by atomic mass is 35.5. The highest BCUT2D eigenvalue weighted by Gasteiger charge is 2.47. The molecule has 1 N–H and O–H groups in total. The number of ether oxygens (including phenoxy) is 1. The Labute approximate surface area is 184 Å². The second-order valence-electron chi connectivity index (χ2n) is 6.89. The van der Waals surface area contributed by atoms with Gasteiger partial charge < -0.3 is 9.84 Å². The Morgan fingerprint density at radius 2 is 1.81 bits per heavy atom. The number of nitrogens with zero attached hydrogens (tertiary/aromatic N) is 2. The normalized spacial score (nSPS) is 17.7. The molecule has 0 bridgehead atoms. The molecule has 2 heterocycles. The molecule has 156 valence electrons. The molecule has 1 aromatic heterocycles. The number of carbonyl (C=O) groups excluding carboxylic acids is 2. The van der Waals surface area contributed by atoms with Crippen molar-refractivity contribution in [3.8, 4) is 5.75 Å². The van der Waals surface area contributed by atoms with E-state index in [-0.39, 0.29) is 11.3 Å². The van der Waals surface area contributed by atoms with Crippen LogP contribution in [0, 0.1) is 0 Å². The van der Waals surface area contributed by atoms with Crippen LogP contribution in [-0.2, 0) is 9.59 Å². The Morgan fingerprint density at radius 1 is 1.10 bits per heavy atom. The second-order valence-corrected chi connectivity index (χ2v) is 7.32. The molecule has 6 nitrogen and oxygen atoms in total. The summed E-state index contributed by atoms with van der Waals surface area (Å²) in [5.41, 5.74) is 1.51. The second kappa shape index (κ2) is 8.62. The molecule has 1 fully saturated rings. The summed E-state index contributed by atoms with van der Waals surface area (Å²) in [6.45, 7) is 2.40. The molecule has 1 amide bonds. The van der Waals surface area contributed by atoms with Crippen molar-refractivity contribution < 1.29 is 19.4 Å². The molecular formula is C24H19ClN2O4. The largest absolute Gasteiger partial charge is 0.507 e. The number of benzene rings is 2. The number of hydrogen-bond acceptors (Lipinski definition) is 5. The number of Topliss-reactive ketones (excluding diaryl/α,β-unsaturated/α-hetero) is 1. The van der Waals surface area contributed by atoms with E-state index >= 15 is 0 Å².